The fraction of sp³-hybridized carbons (Fsp3) is 0.130. The number of thiophene rings is 1. The number of aliphatic hydroxyl groups excluding tert-OH is 1. The highest BCUT2D eigenvalue weighted by Crippen LogP contribution is 2.39. The molecule has 1 amide bonds. The second kappa shape index (κ2) is 8.35. The average molecular weight is 468 g/mol. The Kier molecular flexibility index (Phi) is 5.65. The quantitative estimate of drug-likeness (QED) is 0.498. The van der Waals surface area contributed by atoms with Gasteiger partial charge >= 0.3 is 0 Å². The van der Waals surface area contributed by atoms with Crippen LogP contribution in [-0.4, -0.2) is 28.2 Å². The molecule has 29 heavy (non-hydrogen) atoms. The molecule has 3 aromatic rings. The number of halogens is 1. The van der Waals surface area contributed by atoms with E-state index in [-0.39, 0.29) is 11.4 Å². The summed E-state index contributed by atoms with van der Waals surface area (Å²) in [6.07, 6.45) is 0.632. The topological polar surface area (TPSA) is 57.6 Å². The Hall–Kier alpha value is -2.70. The number of carbonyl (C=O) groups excluding carboxylic acids is 2. The van der Waals surface area contributed by atoms with Gasteiger partial charge in [-0.2, -0.15) is 0 Å². The molecule has 0 bridgehead atoms. The molecule has 0 spiro atoms. The standard InChI is InChI=1S/C23H18BrNO3S/c24-17-10-8-16(9-11-17)20-19(21(26)18-7-4-14-29-18)22(27)23(28)25(20)13-12-15-5-2-1-3-6-15/h1-11,14,20,27H,12-13H2. The SMILES string of the molecule is O=C(C1=C(O)C(=O)N(CCc2ccccc2)C1c1ccc(Br)cc1)c1cccs1. The summed E-state index contributed by atoms with van der Waals surface area (Å²) in [5, 5.41) is 12.5. The summed E-state index contributed by atoms with van der Waals surface area (Å²) in [5.74, 6) is -1.26. The maximum absolute atomic E-state index is 13.1. The van der Waals surface area contributed by atoms with Crippen molar-refractivity contribution < 1.29 is 14.7 Å². The van der Waals surface area contributed by atoms with E-state index in [1.54, 1.807) is 17.0 Å². The lowest BCUT2D eigenvalue weighted by Gasteiger charge is -2.27. The normalized spacial score (nSPS) is 16.5. The first-order valence-corrected chi connectivity index (χ1v) is 10.8. The van der Waals surface area contributed by atoms with Crippen LogP contribution in [0, 0.1) is 0 Å². The van der Waals surface area contributed by atoms with E-state index >= 15 is 0 Å². The van der Waals surface area contributed by atoms with Gasteiger partial charge in [-0.25, -0.2) is 0 Å². The lowest BCUT2D eigenvalue weighted by Crippen LogP contribution is -2.33. The molecule has 0 radical (unpaired) electrons. The van der Waals surface area contributed by atoms with E-state index in [1.807, 2.05) is 60.0 Å². The number of hydrogen-bond acceptors (Lipinski definition) is 4. The summed E-state index contributed by atoms with van der Waals surface area (Å²) in [6.45, 7) is 0.398. The number of benzene rings is 2. The molecule has 0 saturated carbocycles. The molecule has 0 fully saturated rings. The van der Waals surface area contributed by atoms with Crippen molar-refractivity contribution in [1.29, 1.82) is 0 Å². The van der Waals surface area contributed by atoms with Crippen LogP contribution < -0.4 is 0 Å². The van der Waals surface area contributed by atoms with Gasteiger partial charge < -0.3 is 10.0 Å². The van der Waals surface area contributed by atoms with Crippen LogP contribution in [0.2, 0.25) is 0 Å². The van der Waals surface area contributed by atoms with Crippen molar-refractivity contribution >= 4 is 39.0 Å². The molecule has 1 unspecified atom stereocenters. The zero-order valence-corrected chi connectivity index (χ0v) is 17.8. The van der Waals surface area contributed by atoms with E-state index in [1.165, 1.54) is 11.3 Å². The van der Waals surface area contributed by atoms with E-state index < -0.39 is 17.7 Å². The third kappa shape index (κ3) is 3.91. The molecule has 6 heteroatoms. The summed E-state index contributed by atoms with van der Waals surface area (Å²) in [4.78, 5) is 28.2. The Morgan fingerprint density at radius 2 is 1.76 bits per heavy atom. The lowest BCUT2D eigenvalue weighted by molar-refractivity contribution is -0.129. The Morgan fingerprint density at radius 3 is 2.41 bits per heavy atom. The van der Waals surface area contributed by atoms with Crippen molar-refractivity contribution in [3.05, 3.63) is 104 Å². The first kappa shape index (κ1) is 19.6. The highest BCUT2D eigenvalue weighted by Gasteiger charge is 2.43. The molecule has 1 aliphatic heterocycles. The summed E-state index contributed by atoms with van der Waals surface area (Å²) < 4.78 is 0.903. The van der Waals surface area contributed by atoms with Crippen LogP contribution in [0.15, 0.2) is 87.9 Å². The molecule has 1 N–H and O–H groups in total. The van der Waals surface area contributed by atoms with Gasteiger partial charge in [-0.1, -0.05) is 64.5 Å². The van der Waals surface area contributed by atoms with Crippen LogP contribution in [0.4, 0.5) is 0 Å². The van der Waals surface area contributed by atoms with Crippen molar-refractivity contribution in [2.75, 3.05) is 6.54 Å². The summed E-state index contributed by atoms with van der Waals surface area (Å²) in [7, 11) is 0. The third-order valence-electron chi connectivity index (χ3n) is 4.96. The molecule has 0 aliphatic carbocycles. The fourth-order valence-corrected chi connectivity index (χ4v) is 4.48. The second-order valence-corrected chi connectivity index (χ2v) is 8.62. The van der Waals surface area contributed by atoms with Crippen LogP contribution in [0.25, 0.3) is 0 Å². The molecule has 2 heterocycles. The van der Waals surface area contributed by atoms with Gasteiger partial charge in [0.25, 0.3) is 5.91 Å². The Morgan fingerprint density at radius 1 is 1.03 bits per heavy atom. The minimum absolute atomic E-state index is 0.146. The van der Waals surface area contributed by atoms with Gasteiger partial charge in [-0.3, -0.25) is 9.59 Å². The molecule has 1 aromatic heterocycles. The molecule has 4 nitrogen and oxygen atoms in total. The van der Waals surface area contributed by atoms with E-state index in [9.17, 15) is 14.7 Å². The zero-order valence-electron chi connectivity index (χ0n) is 15.4. The van der Waals surface area contributed by atoms with Gasteiger partial charge in [-0.05, 0) is 41.1 Å². The van der Waals surface area contributed by atoms with Crippen LogP contribution >= 0.6 is 27.3 Å². The highest BCUT2D eigenvalue weighted by molar-refractivity contribution is 9.10. The van der Waals surface area contributed by atoms with Gasteiger partial charge in [0.2, 0.25) is 5.78 Å². The third-order valence-corrected chi connectivity index (χ3v) is 6.36. The lowest BCUT2D eigenvalue weighted by atomic mass is 9.95. The molecule has 1 aliphatic rings. The Labute approximate surface area is 181 Å². The van der Waals surface area contributed by atoms with Crippen LogP contribution in [0.3, 0.4) is 0 Å². The van der Waals surface area contributed by atoms with E-state index in [2.05, 4.69) is 15.9 Å². The molecule has 2 aromatic carbocycles. The fourth-order valence-electron chi connectivity index (χ4n) is 3.54. The molecule has 0 saturated heterocycles. The van der Waals surface area contributed by atoms with Gasteiger partial charge in [0, 0.05) is 11.0 Å². The van der Waals surface area contributed by atoms with Gasteiger partial charge in [0.15, 0.2) is 5.76 Å². The van der Waals surface area contributed by atoms with Crippen molar-refractivity contribution in [2.24, 2.45) is 0 Å². The average Bonchev–Trinajstić information content (AvgIpc) is 3.36. The van der Waals surface area contributed by atoms with Crippen molar-refractivity contribution in [3.63, 3.8) is 0 Å². The number of ketones is 1. The molecule has 146 valence electrons. The first-order chi connectivity index (χ1) is 14.1. The number of rotatable bonds is 6. The van der Waals surface area contributed by atoms with E-state index in [0.29, 0.717) is 17.8 Å². The highest BCUT2D eigenvalue weighted by atomic mass is 79.9. The molecular formula is C23H18BrNO3S. The largest absolute Gasteiger partial charge is 0.503 e. The predicted octanol–water partition coefficient (Wildman–Crippen LogP) is 5.33. The van der Waals surface area contributed by atoms with Gasteiger partial charge in [-0.15, -0.1) is 11.3 Å². The first-order valence-electron chi connectivity index (χ1n) is 9.18. The van der Waals surface area contributed by atoms with Crippen LogP contribution in [-0.2, 0) is 11.2 Å². The number of nitrogens with zero attached hydrogens (tertiary/aromatic N) is 1. The zero-order chi connectivity index (χ0) is 20.4. The molecular weight excluding hydrogens is 450 g/mol. The maximum atomic E-state index is 13.1. The predicted molar refractivity (Wildman–Crippen MR) is 117 cm³/mol. The van der Waals surface area contributed by atoms with Crippen molar-refractivity contribution in [3.8, 4) is 0 Å². The van der Waals surface area contributed by atoms with Crippen LogP contribution in [0.1, 0.15) is 26.8 Å². The Bertz CT molecular complexity index is 1060. The number of aliphatic hydroxyl groups is 1. The monoisotopic (exact) mass is 467 g/mol. The van der Waals surface area contributed by atoms with Crippen molar-refractivity contribution in [1.82, 2.24) is 4.90 Å². The summed E-state index contributed by atoms with van der Waals surface area (Å²) in [6, 6.07) is 20.2. The van der Waals surface area contributed by atoms with Crippen LogP contribution in [0.5, 0.6) is 0 Å². The number of Topliss-reactive ketones (excluding diaryl/α,β-unsaturated/α-hetero) is 1. The van der Waals surface area contributed by atoms with Gasteiger partial charge in [0.1, 0.15) is 0 Å². The Balaban J connectivity index is 1.71. The smallest absolute Gasteiger partial charge is 0.290 e. The number of hydrogen-bond donors (Lipinski definition) is 1. The minimum Gasteiger partial charge on any atom is -0.503 e. The van der Waals surface area contributed by atoms with Gasteiger partial charge in [0.05, 0.1) is 16.5 Å². The van der Waals surface area contributed by atoms with E-state index in [0.717, 1.165) is 15.6 Å². The van der Waals surface area contributed by atoms with Crippen molar-refractivity contribution in [2.45, 2.75) is 12.5 Å². The molecule has 4 rings (SSSR count). The second-order valence-electron chi connectivity index (χ2n) is 6.76. The molecule has 1 atom stereocenters. The summed E-state index contributed by atoms with van der Waals surface area (Å²) in [5.41, 5.74) is 2.03. The summed E-state index contributed by atoms with van der Waals surface area (Å²) >= 11 is 4.72. The number of carbonyl (C=O) groups is 2. The van der Waals surface area contributed by atoms with E-state index in [4.69, 9.17) is 0 Å². The minimum atomic E-state index is -0.617. The maximum Gasteiger partial charge on any atom is 0.290 e. The number of amides is 1.